The average Bonchev–Trinajstić information content (AvgIpc) is 3.00. The molecular weight excluding hydrogens is 224 g/mol. The number of carbonyl (C=O) groups excluding carboxylic acids is 1. The van der Waals surface area contributed by atoms with Gasteiger partial charge in [0, 0.05) is 0 Å². The summed E-state index contributed by atoms with van der Waals surface area (Å²) < 4.78 is 5.94. The van der Waals surface area contributed by atoms with Gasteiger partial charge in [-0.05, 0) is 43.9 Å². The molecule has 102 valence electrons. The molecule has 2 heteroatoms. The lowest BCUT2D eigenvalue weighted by atomic mass is 9.90. The summed E-state index contributed by atoms with van der Waals surface area (Å²) in [4.78, 5) is 12.4. The first-order valence-electron chi connectivity index (χ1n) is 7.55. The molecular formula is C16H26O2. The maximum absolute atomic E-state index is 12.4. The molecule has 2 bridgehead atoms. The number of hydrogen-bond acceptors (Lipinski definition) is 2. The van der Waals surface area contributed by atoms with Gasteiger partial charge < -0.3 is 4.74 Å². The zero-order chi connectivity index (χ0) is 13.2. The van der Waals surface area contributed by atoms with Crippen molar-refractivity contribution in [3.05, 3.63) is 12.2 Å². The van der Waals surface area contributed by atoms with E-state index in [9.17, 15) is 4.79 Å². The lowest BCUT2D eigenvalue weighted by molar-refractivity contribution is -0.167. The molecule has 1 fully saturated rings. The summed E-state index contributed by atoms with van der Waals surface area (Å²) in [5.41, 5.74) is -0.211. The Morgan fingerprint density at radius 3 is 2.39 bits per heavy atom. The van der Waals surface area contributed by atoms with Crippen molar-refractivity contribution in [1.82, 2.24) is 0 Å². The molecule has 2 nitrogen and oxygen atoms in total. The number of allylic oxidation sites excluding steroid dienone is 2. The van der Waals surface area contributed by atoms with E-state index in [4.69, 9.17) is 4.74 Å². The summed E-state index contributed by atoms with van der Waals surface area (Å²) in [7, 11) is 0. The quantitative estimate of drug-likeness (QED) is 0.524. The Morgan fingerprint density at radius 1 is 1.22 bits per heavy atom. The van der Waals surface area contributed by atoms with E-state index in [0.717, 1.165) is 32.1 Å². The lowest BCUT2D eigenvalue weighted by Crippen LogP contribution is -2.37. The van der Waals surface area contributed by atoms with Crippen LogP contribution in [-0.4, -0.2) is 11.6 Å². The third kappa shape index (κ3) is 2.48. The molecule has 0 saturated heterocycles. The predicted octanol–water partition coefficient (Wildman–Crippen LogP) is 4.10. The van der Waals surface area contributed by atoms with Gasteiger partial charge in [-0.25, -0.2) is 0 Å². The molecule has 0 aromatic carbocycles. The van der Waals surface area contributed by atoms with Crippen molar-refractivity contribution in [2.75, 3.05) is 0 Å². The molecule has 3 atom stereocenters. The Bertz CT molecular complexity index is 328. The third-order valence-electron chi connectivity index (χ3n) is 4.89. The predicted molar refractivity (Wildman–Crippen MR) is 73.2 cm³/mol. The number of esters is 1. The van der Waals surface area contributed by atoms with Gasteiger partial charge in [-0.15, -0.1) is 0 Å². The van der Waals surface area contributed by atoms with Crippen LogP contribution in [0.5, 0.6) is 0 Å². The minimum atomic E-state index is -0.211. The molecule has 2 rings (SSSR count). The minimum Gasteiger partial charge on any atom is -0.459 e. The standard InChI is InChI=1S/C16H26O2/c1-4-9-16(5-2,6-3)18-15(17)14-11-12-7-8-13(14)10-12/h7-8,12-14H,4-6,9-11H2,1-3H3. The summed E-state index contributed by atoms with van der Waals surface area (Å²) in [6.07, 6.45) is 10.6. The Kier molecular flexibility index (Phi) is 4.14. The second kappa shape index (κ2) is 5.46. The van der Waals surface area contributed by atoms with Crippen molar-refractivity contribution in [3.63, 3.8) is 0 Å². The van der Waals surface area contributed by atoms with Crippen molar-refractivity contribution < 1.29 is 9.53 Å². The van der Waals surface area contributed by atoms with Crippen LogP contribution in [0, 0.1) is 17.8 Å². The molecule has 3 unspecified atom stereocenters. The number of ether oxygens (including phenoxy) is 1. The molecule has 0 heterocycles. The zero-order valence-electron chi connectivity index (χ0n) is 11.9. The first-order valence-corrected chi connectivity index (χ1v) is 7.55. The van der Waals surface area contributed by atoms with Crippen molar-refractivity contribution in [1.29, 1.82) is 0 Å². The summed E-state index contributed by atoms with van der Waals surface area (Å²) in [6, 6.07) is 0. The molecule has 2 aliphatic carbocycles. The zero-order valence-corrected chi connectivity index (χ0v) is 11.9. The molecule has 18 heavy (non-hydrogen) atoms. The van der Waals surface area contributed by atoms with Crippen LogP contribution in [-0.2, 0) is 9.53 Å². The smallest absolute Gasteiger partial charge is 0.310 e. The molecule has 0 aliphatic heterocycles. The maximum Gasteiger partial charge on any atom is 0.310 e. The topological polar surface area (TPSA) is 26.3 Å². The Labute approximate surface area is 111 Å². The van der Waals surface area contributed by atoms with E-state index >= 15 is 0 Å². The van der Waals surface area contributed by atoms with Crippen molar-refractivity contribution in [3.8, 4) is 0 Å². The highest BCUT2D eigenvalue weighted by molar-refractivity contribution is 5.74. The molecule has 2 aliphatic rings. The van der Waals surface area contributed by atoms with Gasteiger partial charge in [0.1, 0.15) is 5.60 Å². The van der Waals surface area contributed by atoms with Crippen LogP contribution in [0.2, 0.25) is 0 Å². The normalized spacial score (nSPS) is 29.8. The Morgan fingerprint density at radius 2 is 1.94 bits per heavy atom. The summed E-state index contributed by atoms with van der Waals surface area (Å²) >= 11 is 0. The first-order chi connectivity index (χ1) is 8.64. The van der Waals surface area contributed by atoms with Gasteiger partial charge in [-0.1, -0.05) is 39.3 Å². The summed E-state index contributed by atoms with van der Waals surface area (Å²) in [5.74, 6) is 1.28. The Hall–Kier alpha value is -0.790. The van der Waals surface area contributed by atoms with Crippen LogP contribution in [0.15, 0.2) is 12.2 Å². The van der Waals surface area contributed by atoms with Crippen molar-refractivity contribution in [2.24, 2.45) is 17.8 Å². The van der Waals surface area contributed by atoms with Gasteiger partial charge >= 0.3 is 5.97 Å². The van der Waals surface area contributed by atoms with Crippen molar-refractivity contribution >= 4 is 5.97 Å². The minimum absolute atomic E-state index is 0.0593. The first kappa shape index (κ1) is 13.6. The fraction of sp³-hybridized carbons (Fsp3) is 0.812. The highest BCUT2D eigenvalue weighted by atomic mass is 16.6. The van der Waals surface area contributed by atoms with E-state index in [1.165, 1.54) is 6.42 Å². The van der Waals surface area contributed by atoms with Crippen LogP contribution in [0.1, 0.15) is 59.3 Å². The fourth-order valence-electron chi connectivity index (χ4n) is 3.60. The van der Waals surface area contributed by atoms with Gasteiger partial charge in [-0.2, -0.15) is 0 Å². The second-order valence-electron chi connectivity index (χ2n) is 5.95. The SMILES string of the molecule is CCCC(CC)(CC)OC(=O)C1CC2C=CC1C2. The van der Waals surface area contributed by atoms with Gasteiger partial charge in [0.05, 0.1) is 5.92 Å². The van der Waals surface area contributed by atoms with Crippen LogP contribution >= 0.6 is 0 Å². The molecule has 0 aromatic heterocycles. The van der Waals surface area contributed by atoms with Crippen LogP contribution < -0.4 is 0 Å². The summed E-state index contributed by atoms with van der Waals surface area (Å²) in [6.45, 7) is 6.43. The van der Waals surface area contributed by atoms with E-state index in [1.54, 1.807) is 0 Å². The highest BCUT2D eigenvalue weighted by Crippen LogP contribution is 2.44. The van der Waals surface area contributed by atoms with Gasteiger partial charge in [0.25, 0.3) is 0 Å². The maximum atomic E-state index is 12.4. The second-order valence-corrected chi connectivity index (χ2v) is 5.95. The monoisotopic (exact) mass is 250 g/mol. The molecule has 0 radical (unpaired) electrons. The lowest BCUT2D eigenvalue weighted by Gasteiger charge is -2.33. The van der Waals surface area contributed by atoms with Gasteiger partial charge in [-0.3, -0.25) is 4.79 Å². The number of hydrogen-bond donors (Lipinski definition) is 0. The van der Waals surface area contributed by atoms with Crippen LogP contribution in [0.3, 0.4) is 0 Å². The molecule has 0 spiro atoms. The summed E-state index contributed by atoms with van der Waals surface area (Å²) in [5, 5.41) is 0. The number of rotatable bonds is 6. The average molecular weight is 250 g/mol. The van der Waals surface area contributed by atoms with Crippen LogP contribution in [0.4, 0.5) is 0 Å². The van der Waals surface area contributed by atoms with E-state index in [2.05, 4.69) is 32.9 Å². The van der Waals surface area contributed by atoms with Crippen LogP contribution in [0.25, 0.3) is 0 Å². The largest absolute Gasteiger partial charge is 0.459 e. The van der Waals surface area contributed by atoms with Gasteiger partial charge in [0.2, 0.25) is 0 Å². The molecule has 1 saturated carbocycles. The number of fused-ring (bicyclic) bond motifs is 2. The highest BCUT2D eigenvalue weighted by Gasteiger charge is 2.43. The fourth-order valence-corrected chi connectivity index (χ4v) is 3.60. The molecule has 0 N–H and O–H groups in total. The van der Waals surface area contributed by atoms with E-state index < -0.39 is 0 Å². The number of carbonyl (C=O) groups is 1. The van der Waals surface area contributed by atoms with E-state index in [-0.39, 0.29) is 17.5 Å². The van der Waals surface area contributed by atoms with E-state index in [1.807, 2.05) is 0 Å². The molecule has 0 amide bonds. The molecule has 0 aromatic rings. The van der Waals surface area contributed by atoms with Gasteiger partial charge in [0.15, 0.2) is 0 Å². The van der Waals surface area contributed by atoms with E-state index in [0.29, 0.717) is 11.8 Å². The third-order valence-corrected chi connectivity index (χ3v) is 4.89. The van der Waals surface area contributed by atoms with Crippen molar-refractivity contribution in [2.45, 2.75) is 64.9 Å². The Balaban J connectivity index is 1.99.